The first kappa shape index (κ1) is 20.2. The predicted molar refractivity (Wildman–Crippen MR) is 99.2 cm³/mol. The number of hydrogen-bond acceptors (Lipinski definition) is 4. The van der Waals surface area contributed by atoms with Gasteiger partial charge in [0.25, 0.3) is 0 Å². The molecule has 1 amide bonds. The van der Waals surface area contributed by atoms with Gasteiger partial charge in [-0.2, -0.15) is 0 Å². The summed E-state index contributed by atoms with van der Waals surface area (Å²) in [6.45, 7) is 9.06. The van der Waals surface area contributed by atoms with E-state index in [-0.39, 0.29) is 30.1 Å². The number of nitrogens with zero attached hydrogens (tertiary/aromatic N) is 2. The Morgan fingerprint density at radius 2 is 1.92 bits per heavy atom. The number of amides is 1. The Hall–Kier alpha value is -2.11. The largest absolute Gasteiger partial charge is 0.468 e. The van der Waals surface area contributed by atoms with Gasteiger partial charge in [-0.05, 0) is 30.7 Å². The number of carbonyl (C=O) groups is 3. The molecule has 0 aliphatic heterocycles. The molecule has 0 aromatic carbocycles. The molecule has 1 aromatic rings. The van der Waals surface area contributed by atoms with Crippen LogP contribution in [0.5, 0.6) is 0 Å². The van der Waals surface area contributed by atoms with Gasteiger partial charge in [0.1, 0.15) is 6.54 Å². The van der Waals surface area contributed by atoms with Crippen LogP contribution in [0.4, 0.5) is 0 Å². The molecule has 0 spiro atoms. The normalized spacial score (nSPS) is 15.5. The van der Waals surface area contributed by atoms with E-state index in [4.69, 9.17) is 0 Å². The van der Waals surface area contributed by atoms with Gasteiger partial charge >= 0.3 is 5.97 Å². The zero-order chi connectivity index (χ0) is 19.6. The number of fused-ring (bicyclic) bond motifs is 1. The summed E-state index contributed by atoms with van der Waals surface area (Å²) in [4.78, 5) is 38.2. The van der Waals surface area contributed by atoms with Crippen LogP contribution in [-0.2, 0) is 33.7 Å². The van der Waals surface area contributed by atoms with Crippen LogP contribution in [0.1, 0.15) is 60.9 Å². The number of carbonyl (C=O) groups excluding carboxylic acids is 3. The monoisotopic (exact) mass is 362 g/mol. The SMILES string of the molecule is CCCn1c(C)c(CC(=O)N(C)CC(=O)OC)c2c1CC(C)(C)CC2=O. The Kier molecular flexibility index (Phi) is 5.94. The summed E-state index contributed by atoms with van der Waals surface area (Å²) in [6.07, 6.45) is 2.42. The highest BCUT2D eigenvalue weighted by atomic mass is 16.5. The van der Waals surface area contributed by atoms with Crippen LogP contribution in [0.2, 0.25) is 0 Å². The van der Waals surface area contributed by atoms with Crippen molar-refractivity contribution in [2.24, 2.45) is 5.41 Å². The second-order valence-corrected chi connectivity index (χ2v) is 7.98. The lowest BCUT2D eigenvalue weighted by atomic mass is 9.75. The van der Waals surface area contributed by atoms with Crippen LogP contribution in [0.15, 0.2) is 0 Å². The number of Topliss-reactive ketones (excluding diaryl/α,β-unsaturated/α-hetero) is 1. The van der Waals surface area contributed by atoms with Crippen LogP contribution >= 0.6 is 0 Å². The number of rotatable bonds is 6. The standard InChI is InChI=1S/C20H30N2O4/c1-7-8-22-13(2)14(9-17(24)21(5)12-18(25)26-6)19-15(22)10-20(3,4)11-16(19)23/h7-12H2,1-6H3. The number of likely N-dealkylation sites (N-methyl/N-ethyl adjacent to an activating group) is 1. The van der Waals surface area contributed by atoms with Gasteiger partial charge < -0.3 is 14.2 Å². The molecular formula is C20H30N2O4. The lowest BCUT2D eigenvalue weighted by Crippen LogP contribution is -2.34. The molecule has 1 aromatic heterocycles. The van der Waals surface area contributed by atoms with Gasteiger partial charge in [0.05, 0.1) is 13.5 Å². The molecule has 0 bridgehead atoms. The molecule has 1 aliphatic carbocycles. The highest BCUT2D eigenvalue weighted by Gasteiger charge is 2.37. The minimum Gasteiger partial charge on any atom is -0.468 e. The van der Waals surface area contributed by atoms with Gasteiger partial charge in [0.2, 0.25) is 5.91 Å². The maximum absolute atomic E-state index is 12.9. The number of hydrogen-bond donors (Lipinski definition) is 0. The van der Waals surface area contributed by atoms with Crippen molar-refractivity contribution in [2.75, 3.05) is 20.7 Å². The molecule has 0 atom stereocenters. The van der Waals surface area contributed by atoms with E-state index in [1.807, 2.05) is 6.92 Å². The van der Waals surface area contributed by atoms with Gasteiger partial charge in [0.15, 0.2) is 5.78 Å². The van der Waals surface area contributed by atoms with Crippen LogP contribution in [0, 0.1) is 12.3 Å². The maximum Gasteiger partial charge on any atom is 0.325 e. The number of methoxy groups -OCH3 is 1. The summed E-state index contributed by atoms with van der Waals surface area (Å²) in [5, 5.41) is 0. The molecule has 0 saturated heterocycles. The molecule has 0 unspecified atom stereocenters. The van der Waals surface area contributed by atoms with E-state index in [0.717, 1.165) is 41.9 Å². The molecule has 0 fully saturated rings. The van der Waals surface area contributed by atoms with Crippen LogP contribution in [0.25, 0.3) is 0 Å². The van der Waals surface area contributed by atoms with Crippen molar-refractivity contribution >= 4 is 17.7 Å². The first-order valence-electron chi connectivity index (χ1n) is 9.16. The first-order valence-corrected chi connectivity index (χ1v) is 9.16. The molecule has 0 saturated carbocycles. The van der Waals surface area contributed by atoms with Crippen molar-refractivity contribution in [3.63, 3.8) is 0 Å². The molecule has 26 heavy (non-hydrogen) atoms. The lowest BCUT2D eigenvalue weighted by Gasteiger charge is -2.30. The molecule has 6 nitrogen and oxygen atoms in total. The van der Waals surface area contributed by atoms with Crippen molar-refractivity contribution in [1.29, 1.82) is 0 Å². The molecule has 0 radical (unpaired) electrons. The molecular weight excluding hydrogens is 332 g/mol. The third kappa shape index (κ3) is 4.00. The molecule has 1 heterocycles. The fraction of sp³-hybridized carbons (Fsp3) is 0.650. The Morgan fingerprint density at radius 1 is 1.27 bits per heavy atom. The third-order valence-electron chi connectivity index (χ3n) is 5.12. The highest BCUT2D eigenvalue weighted by molar-refractivity contribution is 6.02. The van der Waals surface area contributed by atoms with Crippen LogP contribution in [-0.4, -0.2) is 47.8 Å². The van der Waals surface area contributed by atoms with Crippen molar-refractivity contribution in [2.45, 2.75) is 59.9 Å². The van der Waals surface area contributed by atoms with Gasteiger partial charge in [-0.3, -0.25) is 14.4 Å². The van der Waals surface area contributed by atoms with E-state index in [2.05, 4.69) is 30.1 Å². The van der Waals surface area contributed by atoms with Crippen molar-refractivity contribution in [3.05, 3.63) is 22.5 Å². The summed E-state index contributed by atoms with van der Waals surface area (Å²) in [6, 6.07) is 0. The van der Waals surface area contributed by atoms with Crippen LogP contribution < -0.4 is 0 Å². The molecule has 1 aliphatic rings. The quantitative estimate of drug-likeness (QED) is 0.729. The average Bonchev–Trinajstić information content (AvgIpc) is 2.79. The number of ether oxygens (including phenoxy) is 1. The molecule has 0 N–H and O–H groups in total. The van der Waals surface area contributed by atoms with Crippen molar-refractivity contribution in [1.82, 2.24) is 9.47 Å². The zero-order valence-corrected chi connectivity index (χ0v) is 16.8. The van der Waals surface area contributed by atoms with Crippen molar-refractivity contribution < 1.29 is 19.1 Å². The van der Waals surface area contributed by atoms with Gasteiger partial charge in [-0.25, -0.2) is 0 Å². The fourth-order valence-corrected chi connectivity index (χ4v) is 3.78. The fourth-order valence-electron chi connectivity index (χ4n) is 3.78. The number of aromatic nitrogens is 1. The maximum atomic E-state index is 12.9. The van der Waals surface area contributed by atoms with E-state index in [1.54, 1.807) is 7.05 Å². The lowest BCUT2D eigenvalue weighted by molar-refractivity contribution is -0.145. The number of esters is 1. The summed E-state index contributed by atoms with van der Waals surface area (Å²) < 4.78 is 6.83. The Bertz CT molecular complexity index is 731. The van der Waals surface area contributed by atoms with E-state index in [9.17, 15) is 14.4 Å². The van der Waals surface area contributed by atoms with Gasteiger partial charge in [-0.1, -0.05) is 20.8 Å². The summed E-state index contributed by atoms with van der Waals surface area (Å²) in [5.74, 6) is -0.527. The molecule has 6 heteroatoms. The molecule has 2 rings (SSSR count). The number of ketones is 1. The Balaban J connectivity index is 2.39. The van der Waals surface area contributed by atoms with Crippen LogP contribution in [0.3, 0.4) is 0 Å². The van der Waals surface area contributed by atoms with Crippen molar-refractivity contribution in [3.8, 4) is 0 Å². The van der Waals surface area contributed by atoms with E-state index >= 15 is 0 Å². The van der Waals surface area contributed by atoms with E-state index in [1.165, 1.54) is 12.0 Å². The van der Waals surface area contributed by atoms with E-state index < -0.39 is 5.97 Å². The Labute approximate surface area is 155 Å². The summed E-state index contributed by atoms with van der Waals surface area (Å²) in [5.41, 5.74) is 3.53. The summed E-state index contributed by atoms with van der Waals surface area (Å²) >= 11 is 0. The minimum atomic E-state index is -0.457. The minimum absolute atomic E-state index is 0.0661. The Morgan fingerprint density at radius 3 is 2.50 bits per heavy atom. The first-order chi connectivity index (χ1) is 12.1. The summed E-state index contributed by atoms with van der Waals surface area (Å²) in [7, 11) is 2.88. The second-order valence-electron chi connectivity index (χ2n) is 7.98. The van der Waals surface area contributed by atoms with E-state index in [0.29, 0.717) is 6.42 Å². The van der Waals surface area contributed by atoms with Gasteiger partial charge in [0, 0.05) is 37.0 Å². The smallest absolute Gasteiger partial charge is 0.325 e. The predicted octanol–water partition coefficient (Wildman–Crippen LogP) is 2.54. The average molecular weight is 362 g/mol. The third-order valence-corrected chi connectivity index (χ3v) is 5.12. The molecule has 144 valence electrons. The topological polar surface area (TPSA) is 68.6 Å². The zero-order valence-electron chi connectivity index (χ0n) is 16.8. The highest BCUT2D eigenvalue weighted by Crippen LogP contribution is 2.39. The van der Waals surface area contributed by atoms with Gasteiger partial charge in [-0.15, -0.1) is 0 Å². The second kappa shape index (κ2) is 7.64.